The van der Waals surface area contributed by atoms with Gasteiger partial charge in [0.15, 0.2) is 0 Å². The molecule has 3 N–H and O–H groups in total. The number of carbonyl (C=O) groups excluding carboxylic acids is 2. The number of hydrogen-bond acceptors (Lipinski definition) is 7. The first-order valence-corrected chi connectivity index (χ1v) is 12.8. The Hall–Kier alpha value is -3.11. The zero-order valence-corrected chi connectivity index (χ0v) is 20.8. The van der Waals surface area contributed by atoms with E-state index >= 15 is 0 Å². The molecule has 1 aromatic carbocycles. The number of nitrogens with zero attached hydrogens (tertiary/aromatic N) is 2. The standard InChI is InChI=1S/C25H30FN5O3S/c1-15-11-22(30-31(15)2)24(33)29-18-9-7-17(8-10-18)28-23(32)21-12-16(26)14-27-25(21)34-19-5-4-6-20(13-19)35-3/h4-6,11-14,17-18,22,30H,7-10H2,1-3H3,(H,28,32)(H,29,33). The summed E-state index contributed by atoms with van der Waals surface area (Å²) < 4.78 is 19.8. The van der Waals surface area contributed by atoms with E-state index in [9.17, 15) is 14.0 Å². The molecule has 1 aliphatic heterocycles. The summed E-state index contributed by atoms with van der Waals surface area (Å²) in [7, 11) is 1.87. The van der Waals surface area contributed by atoms with Crippen LogP contribution in [-0.4, -0.2) is 53.2 Å². The molecule has 1 saturated carbocycles. The Morgan fingerprint density at radius 2 is 1.89 bits per heavy atom. The third kappa shape index (κ3) is 6.32. The molecule has 0 bridgehead atoms. The second kappa shape index (κ2) is 11.1. The Morgan fingerprint density at radius 3 is 2.54 bits per heavy atom. The van der Waals surface area contributed by atoms with Gasteiger partial charge in [-0.25, -0.2) is 14.8 Å². The fourth-order valence-corrected chi connectivity index (χ4v) is 4.67. The molecule has 1 aromatic heterocycles. The molecule has 10 heteroatoms. The van der Waals surface area contributed by atoms with E-state index in [0.717, 1.165) is 35.7 Å². The second-order valence-corrected chi connectivity index (χ2v) is 9.67. The molecular formula is C25H30FN5O3S. The Balaban J connectivity index is 1.33. The summed E-state index contributed by atoms with van der Waals surface area (Å²) in [4.78, 5) is 30.6. The van der Waals surface area contributed by atoms with Crippen molar-refractivity contribution in [2.45, 2.75) is 55.6 Å². The molecule has 1 unspecified atom stereocenters. The van der Waals surface area contributed by atoms with Gasteiger partial charge in [-0.2, -0.15) is 0 Å². The first-order chi connectivity index (χ1) is 16.8. The summed E-state index contributed by atoms with van der Waals surface area (Å²) in [6.45, 7) is 1.94. The average molecular weight is 500 g/mol. The van der Waals surface area contributed by atoms with Crippen LogP contribution in [0.4, 0.5) is 4.39 Å². The van der Waals surface area contributed by atoms with Gasteiger partial charge >= 0.3 is 0 Å². The number of hydrazine groups is 1. The van der Waals surface area contributed by atoms with Crippen LogP contribution in [0.3, 0.4) is 0 Å². The van der Waals surface area contributed by atoms with E-state index in [1.807, 2.05) is 49.5 Å². The van der Waals surface area contributed by atoms with E-state index < -0.39 is 11.7 Å². The van der Waals surface area contributed by atoms with Gasteiger partial charge in [-0.05, 0) is 69.2 Å². The lowest BCUT2D eigenvalue weighted by Gasteiger charge is -2.30. The lowest BCUT2D eigenvalue weighted by molar-refractivity contribution is -0.123. The molecule has 0 saturated heterocycles. The van der Waals surface area contributed by atoms with Gasteiger partial charge in [0.1, 0.15) is 23.2 Å². The lowest BCUT2D eigenvalue weighted by atomic mass is 9.90. The number of carbonyl (C=O) groups is 2. The Morgan fingerprint density at radius 1 is 1.17 bits per heavy atom. The lowest BCUT2D eigenvalue weighted by Crippen LogP contribution is -2.49. The smallest absolute Gasteiger partial charge is 0.257 e. The zero-order valence-electron chi connectivity index (χ0n) is 20.0. The van der Waals surface area contributed by atoms with Gasteiger partial charge in [0, 0.05) is 29.7 Å². The third-order valence-electron chi connectivity index (χ3n) is 6.28. The highest BCUT2D eigenvalue weighted by Crippen LogP contribution is 2.28. The molecule has 0 radical (unpaired) electrons. The summed E-state index contributed by atoms with van der Waals surface area (Å²) in [5.74, 6) is -0.518. The normalized spacial score (nSPS) is 21.9. The van der Waals surface area contributed by atoms with Crippen LogP contribution in [0.5, 0.6) is 11.6 Å². The van der Waals surface area contributed by atoms with Crippen molar-refractivity contribution in [2.75, 3.05) is 13.3 Å². The van der Waals surface area contributed by atoms with Crippen molar-refractivity contribution < 1.29 is 18.7 Å². The van der Waals surface area contributed by atoms with Gasteiger partial charge in [0.25, 0.3) is 5.91 Å². The van der Waals surface area contributed by atoms with Crippen molar-refractivity contribution in [1.29, 1.82) is 0 Å². The third-order valence-corrected chi connectivity index (χ3v) is 7.00. The molecule has 1 atom stereocenters. The van der Waals surface area contributed by atoms with Crippen molar-refractivity contribution in [2.24, 2.45) is 0 Å². The number of pyridine rings is 1. The number of amides is 2. The molecule has 186 valence electrons. The number of allylic oxidation sites excluding steroid dienone is 1. The monoisotopic (exact) mass is 499 g/mol. The highest BCUT2D eigenvalue weighted by atomic mass is 32.2. The summed E-state index contributed by atoms with van der Waals surface area (Å²) in [6, 6.07) is 8.14. The maximum atomic E-state index is 13.9. The minimum absolute atomic E-state index is 0.0496. The predicted molar refractivity (Wildman–Crippen MR) is 133 cm³/mol. The Labute approximate surface area is 208 Å². The number of thioether (sulfide) groups is 1. The molecular weight excluding hydrogens is 469 g/mol. The van der Waals surface area contributed by atoms with Crippen LogP contribution in [-0.2, 0) is 4.79 Å². The molecule has 8 nitrogen and oxygen atoms in total. The predicted octanol–water partition coefficient (Wildman–Crippen LogP) is 3.61. The fraction of sp³-hybridized carbons (Fsp3) is 0.400. The minimum atomic E-state index is -0.609. The zero-order chi connectivity index (χ0) is 24.9. The van der Waals surface area contributed by atoms with Crippen LogP contribution >= 0.6 is 11.8 Å². The van der Waals surface area contributed by atoms with Crippen LogP contribution < -0.4 is 20.8 Å². The molecule has 1 fully saturated rings. The number of aromatic nitrogens is 1. The highest BCUT2D eigenvalue weighted by molar-refractivity contribution is 7.98. The Kier molecular flexibility index (Phi) is 7.92. The number of benzene rings is 1. The molecule has 2 amide bonds. The van der Waals surface area contributed by atoms with Gasteiger partial charge in [0.2, 0.25) is 11.8 Å². The van der Waals surface area contributed by atoms with Crippen LogP contribution in [0.2, 0.25) is 0 Å². The number of nitrogens with one attached hydrogen (secondary N) is 3. The fourth-order valence-electron chi connectivity index (χ4n) is 4.22. The Bertz CT molecular complexity index is 1120. The molecule has 35 heavy (non-hydrogen) atoms. The van der Waals surface area contributed by atoms with E-state index in [4.69, 9.17) is 4.74 Å². The van der Waals surface area contributed by atoms with Crippen molar-refractivity contribution >= 4 is 23.6 Å². The summed E-state index contributed by atoms with van der Waals surface area (Å²) in [5.41, 5.74) is 4.15. The SMILES string of the molecule is CSc1cccc(Oc2ncc(F)cc2C(=O)NC2CCC(NC(=O)C3C=C(C)N(C)N3)CC2)c1. The van der Waals surface area contributed by atoms with Crippen molar-refractivity contribution in [3.63, 3.8) is 0 Å². The number of rotatable bonds is 7. The van der Waals surface area contributed by atoms with E-state index in [-0.39, 0.29) is 35.5 Å². The maximum Gasteiger partial charge on any atom is 0.257 e. The highest BCUT2D eigenvalue weighted by Gasteiger charge is 2.29. The maximum absolute atomic E-state index is 13.9. The topological polar surface area (TPSA) is 95.6 Å². The summed E-state index contributed by atoms with van der Waals surface area (Å²) in [6.07, 6.45) is 7.78. The number of halogens is 1. The van der Waals surface area contributed by atoms with Crippen LogP contribution in [0.1, 0.15) is 43.0 Å². The molecule has 2 aliphatic rings. The van der Waals surface area contributed by atoms with Crippen molar-refractivity contribution in [3.05, 3.63) is 59.7 Å². The summed E-state index contributed by atoms with van der Waals surface area (Å²) in [5, 5.41) is 7.90. The van der Waals surface area contributed by atoms with Crippen LogP contribution in [0, 0.1) is 5.82 Å². The molecule has 1 aliphatic carbocycles. The number of ether oxygens (including phenoxy) is 1. The molecule has 2 heterocycles. The van der Waals surface area contributed by atoms with Gasteiger partial charge in [-0.15, -0.1) is 11.8 Å². The molecule has 4 rings (SSSR count). The van der Waals surface area contributed by atoms with E-state index in [1.165, 1.54) is 0 Å². The van der Waals surface area contributed by atoms with Gasteiger partial charge in [-0.1, -0.05) is 6.07 Å². The largest absolute Gasteiger partial charge is 0.438 e. The molecule has 2 aromatic rings. The van der Waals surface area contributed by atoms with Crippen molar-refractivity contribution in [3.8, 4) is 11.6 Å². The van der Waals surface area contributed by atoms with Gasteiger partial charge in [-0.3, -0.25) is 9.59 Å². The van der Waals surface area contributed by atoms with Gasteiger partial charge in [0.05, 0.1) is 6.20 Å². The minimum Gasteiger partial charge on any atom is -0.438 e. The van der Waals surface area contributed by atoms with Crippen molar-refractivity contribution in [1.82, 2.24) is 26.1 Å². The first-order valence-electron chi connectivity index (χ1n) is 11.6. The van der Waals surface area contributed by atoms with Crippen LogP contribution in [0.15, 0.2) is 53.2 Å². The number of hydrogen-bond donors (Lipinski definition) is 3. The molecule has 0 spiro atoms. The van der Waals surface area contributed by atoms with E-state index in [0.29, 0.717) is 18.6 Å². The second-order valence-electron chi connectivity index (χ2n) is 8.79. The van der Waals surface area contributed by atoms with Gasteiger partial charge < -0.3 is 20.4 Å². The summed E-state index contributed by atoms with van der Waals surface area (Å²) >= 11 is 1.57. The quantitative estimate of drug-likeness (QED) is 0.501. The first kappa shape index (κ1) is 25.0. The van der Waals surface area contributed by atoms with Crippen LogP contribution in [0.25, 0.3) is 0 Å². The average Bonchev–Trinajstić information content (AvgIpc) is 3.19. The van der Waals surface area contributed by atoms with E-state index in [2.05, 4.69) is 21.0 Å². The van der Waals surface area contributed by atoms with E-state index in [1.54, 1.807) is 17.8 Å².